The van der Waals surface area contributed by atoms with E-state index < -0.39 is 12.0 Å². The molecule has 2 aromatic carbocycles. The minimum absolute atomic E-state index is 0.0206. The average Bonchev–Trinajstić information content (AvgIpc) is 2.84. The Morgan fingerprint density at radius 3 is 2.50 bits per heavy atom. The Bertz CT molecular complexity index is 1160. The topological polar surface area (TPSA) is 104 Å². The summed E-state index contributed by atoms with van der Waals surface area (Å²) >= 11 is 0. The van der Waals surface area contributed by atoms with Gasteiger partial charge in [0, 0.05) is 17.7 Å². The molecule has 3 aromatic rings. The number of hydrogen-bond donors (Lipinski definition) is 2. The smallest absolute Gasteiger partial charge is 0.318 e. The van der Waals surface area contributed by atoms with Gasteiger partial charge in [0.15, 0.2) is 0 Å². The van der Waals surface area contributed by atoms with Crippen LogP contribution in [0.5, 0.6) is 0 Å². The fourth-order valence-corrected chi connectivity index (χ4v) is 3.77. The first kappa shape index (κ1) is 21.3. The summed E-state index contributed by atoms with van der Waals surface area (Å²) in [5.41, 5.74) is 2.61. The highest BCUT2D eigenvalue weighted by Crippen LogP contribution is 2.21. The molecular formula is C24H24N4O4. The zero-order chi connectivity index (χ0) is 22.5. The van der Waals surface area contributed by atoms with Crippen LogP contribution in [0.15, 0.2) is 65.5 Å². The summed E-state index contributed by atoms with van der Waals surface area (Å²) in [6.45, 7) is 0.596. The molecule has 1 atom stereocenters. The first-order chi connectivity index (χ1) is 15.5. The van der Waals surface area contributed by atoms with Gasteiger partial charge in [-0.3, -0.25) is 9.59 Å². The Morgan fingerprint density at radius 1 is 1.12 bits per heavy atom. The molecule has 1 aliphatic heterocycles. The zero-order valence-electron chi connectivity index (χ0n) is 17.7. The third-order valence-corrected chi connectivity index (χ3v) is 5.51. The van der Waals surface area contributed by atoms with Gasteiger partial charge in [-0.15, -0.1) is 0 Å². The number of esters is 1. The molecule has 1 aromatic heterocycles. The van der Waals surface area contributed by atoms with Crippen LogP contribution in [0.2, 0.25) is 0 Å². The highest BCUT2D eigenvalue weighted by molar-refractivity contribution is 5.77. The monoisotopic (exact) mass is 432 g/mol. The maximum atomic E-state index is 13.1. The lowest BCUT2D eigenvalue weighted by Crippen LogP contribution is -2.45. The lowest BCUT2D eigenvalue weighted by atomic mass is 10.0. The molecule has 0 aliphatic carbocycles. The summed E-state index contributed by atoms with van der Waals surface area (Å²) in [5, 5.41) is 2.93. The molecule has 0 spiro atoms. The highest BCUT2D eigenvalue weighted by Gasteiger charge is 2.27. The van der Waals surface area contributed by atoms with Gasteiger partial charge in [-0.25, -0.2) is 9.78 Å². The van der Waals surface area contributed by atoms with E-state index in [2.05, 4.69) is 15.3 Å². The van der Waals surface area contributed by atoms with E-state index >= 15 is 0 Å². The van der Waals surface area contributed by atoms with E-state index in [1.54, 1.807) is 4.90 Å². The Balaban J connectivity index is 1.54. The van der Waals surface area contributed by atoms with Crippen molar-refractivity contribution in [1.82, 2.24) is 20.2 Å². The summed E-state index contributed by atoms with van der Waals surface area (Å²) < 4.78 is 4.79. The number of benzene rings is 2. The molecule has 0 fully saturated rings. The van der Waals surface area contributed by atoms with Crippen molar-refractivity contribution in [2.45, 2.75) is 25.4 Å². The molecule has 4 rings (SSSR count). The van der Waals surface area contributed by atoms with Crippen molar-refractivity contribution in [3.8, 4) is 11.4 Å². The van der Waals surface area contributed by atoms with Crippen LogP contribution in [0.25, 0.3) is 11.4 Å². The Hall–Kier alpha value is -3.94. The predicted octanol–water partition coefficient (Wildman–Crippen LogP) is 2.81. The number of urea groups is 1. The van der Waals surface area contributed by atoms with Gasteiger partial charge in [-0.2, -0.15) is 0 Å². The van der Waals surface area contributed by atoms with Crippen LogP contribution in [0.1, 0.15) is 29.3 Å². The molecular weight excluding hydrogens is 408 g/mol. The summed E-state index contributed by atoms with van der Waals surface area (Å²) in [7, 11) is 1.32. The average molecular weight is 432 g/mol. The third-order valence-electron chi connectivity index (χ3n) is 5.51. The zero-order valence-corrected chi connectivity index (χ0v) is 17.7. The van der Waals surface area contributed by atoms with Crippen LogP contribution in [-0.4, -0.2) is 40.5 Å². The number of H-pyrrole nitrogens is 1. The van der Waals surface area contributed by atoms with E-state index in [4.69, 9.17) is 4.74 Å². The summed E-state index contributed by atoms with van der Waals surface area (Å²) in [4.78, 5) is 46.6. The van der Waals surface area contributed by atoms with E-state index in [-0.39, 0.29) is 24.6 Å². The number of rotatable bonds is 5. The minimum atomic E-state index is -0.524. The number of amides is 2. The number of methoxy groups -OCH3 is 1. The normalized spacial score (nSPS) is 13.7. The van der Waals surface area contributed by atoms with Crippen molar-refractivity contribution in [3.05, 3.63) is 87.8 Å². The van der Waals surface area contributed by atoms with Crippen LogP contribution in [-0.2, 0) is 22.5 Å². The fraction of sp³-hybridized carbons (Fsp3) is 0.250. The molecule has 32 heavy (non-hydrogen) atoms. The van der Waals surface area contributed by atoms with E-state index in [0.29, 0.717) is 30.0 Å². The highest BCUT2D eigenvalue weighted by atomic mass is 16.5. The number of carbonyl (C=O) groups is 2. The van der Waals surface area contributed by atoms with Crippen LogP contribution >= 0.6 is 0 Å². The number of carbonyl (C=O) groups excluding carboxylic acids is 2. The lowest BCUT2D eigenvalue weighted by Gasteiger charge is -2.30. The molecule has 0 saturated heterocycles. The molecule has 8 nitrogen and oxygen atoms in total. The first-order valence-corrected chi connectivity index (χ1v) is 10.4. The molecule has 1 aliphatic rings. The molecule has 2 amide bonds. The van der Waals surface area contributed by atoms with Crippen LogP contribution in [0.4, 0.5) is 4.79 Å². The molecule has 164 valence electrons. The van der Waals surface area contributed by atoms with Crippen LogP contribution in [0, 0.1) is 0 Å². The van der Waals surface area contributed by atoms with Gasteiger partial charge < -0.3 is 19.9 Å². The maximum Gasteiger partial charge on any atom is 0.318 e. The van der Waals surface area contributed by atoms with Crippen molar-refractivity contribution in [2.75, 3.05) is 13.7 Å². The number of hydrogen-bond acceptors (Lipinski definition) is 5. The first-order valence-electron chi connectivity index (χ1n) is 10.4. The second-order valence-electron chi connectivity index (χ2n) is 7.57. The quantitative estimate of drug-likeness (QED) is 0.604. The van der Waals surface area contributed by atoms with Gasteiger partial charge in [0.2, 0.25) is 0 Å². The second-order valence-corrected chi connectivity index (χ2v) is 7.57. The van der Waals surface area contributed by atoms with E-state index in [9.17, 15) is 14.4 Å². The Morgan fingerprint density at radius 2 is 1.81 bits per heavy atom. The third kappa shape index (κ3) is 4.69. The van der Waals surface area contributed by atoms with Crippen molar-refractivity contribution >= 4 is 12.0 Å². The number of nitrogens with zero attached hydrogens (tertiary/aromatic N) is 2. The van der Waals surface area contributed by atoms with Crippen molar-refractivity contribution < 1.29 is 14.3 Å². The fourth-order valence-electron chi connectivity index (χ4n) is 3.77. The van der Waals surface area contributed by atoms with Gasteiger partial charge in [0.05, 0.1) is 31.8 Å². The molecule has 0 radical (unpaired) electrons. The lowest BCUT2D eigenvalue weighted by molar-refractivity contribution is -0.141. The van der Waals surface area contributed by atoms with E-state index in [1.807, 2.05) is 60.7 Å². The van der Waals surface area contributed by atoms with Crippen LogP contribution < -0.4 is 10.9 Å². The van der Waals surface area contributed by atoms with Crippen molar-refractivity contribution in [1.29, 1.82) is 0 Å². The molecule has 2 N–H and O–H groups in total. The van der Waals surface area contributed by atoms with Crippen molar-refractivity contribution in [2.24, 2.45) is 0 Å². The number of fused-ring (bicyclic) bond motifs is 1. The second kappa shape index (κ2) is 9.47. The van der Waals surface area contributed by atoms with Crippen LogP contribution in [0.3, 0.4) is 0 Å². The summed E-state index contributed by atoms with van der Waals surface area (Å²) in [5.74, 6) is 0.0632. The van der Waals surface area contributed by atoms with Crippen molar-refractivity contribution in [3.63, 3.8) is 0 Å². The number of aromatic nitrogens is 2. The largest absolute Gasteiger partial charge is 0.469 e. The molecule has 2 heterocycles. The molecule has 0 unspecified atom stereocenters. The summed E-state index contributed by atoms with van der Waals surface area (Å²) in [6, 6.07) is 17.8. The number of ether oxygens (including phenoxy) is 1. The van der Waals surface area contributed by atoms with Gasteiger partial charge in [-0.05, 0) is 12.0 Å². The van der Waals surface area contributed by atoms with Gasteiger partial charge in [0.25, 0.3) is 5.56 Å². The molecule has 8 heteroatoms. The van der Waals surface area contributed by atoms with E-state index in [1.165, 1.54) is 7.11 Å². The Kier molecular flexibility index (Phi) is 6.30. The maximum absolute atomic E-state index is 13.1. The summed E-state index contributed by atoms with van der Waals surface area (Å²) in [6.07, 6.45) is 0.430. The van der Waals surface area contributed by atoms with Gasteiger partial charge in [-0.1, -0.05) is 60.7 Å². The van der Waals surface area contributed by atoms with Gasteiger partial charge in [0.1, 0.15) is 5.82 Å². The predicted molar refractivity (Wildman–Crippen MR) is 119 cm³/mol. The minimum Gasteiger partial charge on any atom is -0.469 e. The molecule has 0 saturated carbocycles. The molecule has 0 bridgehead atoms. The standard InChI is InChI=1S/C24H24N4O4/c1-32-21(29)14-19(16-8-4-2-5-9-16)26-24(31)28-13-12-18-20(15-28)25-22(27-23(18)30)17-10-6-3-7-11-17/h2-11,19H,12-15H2,1H3,(H,26,31)(H,25,27,30)/t19-/m0/s1. The van der Waals surface area contributed by atoms with Gasteiger partial charge >= 0.3 is 12.0 Å². The number of nitrogens with one attached hydrogen (secondary N) is 2. The van der Waals surface area contributed by atoms with E-state index in [0.717, 1.165) is 11.1 Å². The Labute approximate surface area is 185 Å². The SMILES string of the molecule is COC(=O)C[C@H](NC(=O)N1CCc2c(nc(-c3ccccc3)[nH]c2=O)C1)c1ccccc1. The number of aromatic amines is 1.